The summed E-state index contributed by atoms with van der Waals surface area (Å²) in [5.74, 6) is 1.36. The Balaban J connectivity index is 1.63. The summed E-state index contributed by atoms with van der Waals surface area (Å²) >= 11 is 0. The summed E-state index contributed by atoms with van der Waals surface area (Å²) in [6, 6.07) is 8.04. The van der Waals surface area contributed by atoms with Gasteiger partial charge in [0.1, 0.15) is 5.75 Å². The first-order valence-electron chi connectivity index (χ1n) is 9.44. The van der Waals surface area contributed by atoms with E-state index in [1.165, 1.54) is 0 Å². The molecular weight excluding hydrogens is 366 g/mol. The van der Waals surface area contributed by atoms with Crippen LogP contribution in [-0.2, 0) is 26.9 Å². The minimum atomic E-state index is 0.546. The molecule has 8 heteroatoms. The van der Waals surface area contributed by atoms with Crippen molar-refractivity contribution in [1.29, 1.82) is 0 Å². The quantitative estimate of drug-likeness (QED) is 0.579. The van der Waals surface area contributed by atoms with Gasteiger partial charge >= 0.3 is 0 Å². The normalized spacial score (nSPS) is 12.4. The standard InChI is InChI=1S/C21H21N7O/c1-27-12-15(11-23-27)24-21-22-10-14-7-8-17-18(19(14)25-21)20(28(2)26-17)13-5-4-6-16(9-13)29-3/h4-6,9-12H,7-8H2,1-3H3,(H,22,24,25). The fourth-order valence-electron chi connectivity index (χ4n) is 3.84. The summed E-state index contributed by atoms with van der Waals surface area (Å²) in [6.45, 7) is 0. The number of nitrogens with zero attached hydrogens (tertiary/aromatic N) is 6. The van der Waals surface area contributed by atoms with Crippen LogP contribution in [0.25, 0.3) is 22.5 Å². The van der Waals surface area contributed by atoms with Crippen molar-refractivity contribution in [3.63, 3.8) is 0 Å². The van der Waals surface area contributed by atoms with Crippen molar-refractivity contribution in [2.45, 2.75) is 12.8 Å². The lowest BCUT2D eigenvalue weighted by atomic mass is 9.91. The van der Waals surface area contributed by atoms with E-state index >= 15 is 0 Å². The number of anilines is 2. The molecule has 1 aromatic carbocycles. The van der Waals surface area contributed by atoms with E-state index in [-0.39, 0.29) is 0 Å². The van der Waals surface area contributed by atoms with Crippen molar-refractivity contribution in [1.82, 2.24) is 29.5 Å². The van der Waals surface area contributed by atoms with Gasteiger partial charge in [0.2, 0.25) is 5.95 Å². The lowest BCUT2D eigenvalue weighted by Crippen LogP contribution is -2.08. The first kappa shape index (κ1) is 17.4. The Labute approximate surface area is 168 Å². The van der Waals surface area contributed by atoms with Gasteiger partial charge in [0.05, 0.1) is 36.1 Å². The van der Waals surface area contributed by atoms with Crippen molar-refractivity contribution >= 4 is 11.6 Å². The van der Waals surface area contributed by atoms with Gasteiger partial charge in [-0.1, -0.05) is 12.1 Å². The second kappa shape index (κ2) is 6.73. The smallest absolute Gasteiger partial charge is 0.227 e. The van der Waals surface area contributed by atoms with Gasteiger partial charge in [0.25, 0.3) is 0 Å². The molecule has 1 aliphatic carbocycles. The van der Waals surface area contributed by atoms with Crippen molar-refractivity contribution in [2.24, 2.45) is 14.1 Å². The van der Waals surface area contributed by atoms with E-state index in [2.05, 4.69) is 21.5 Å². The number of rotatable bonds is 4. The zero-order valence-corrected chi connectivity index (χ0v) is 16.5. The molecule has 0 bridgehead atoms. The number of hydrogen-bond donors (Lipinski definition) is 1. The van der Waals surface area contributed by atoms with E-state index in [1.807, 2.05) is 49.4 Å². The summed E-state index contributed by atoms with van der Waals surface area (Å²) in [5.41, 5.74) is 7.12. The predicted molar refractivity (Wildman–Crippen MR) is 110 cm³/mol. The Bertz CT molecular complexity index is 1210. The molecule has 1 aliphatic rings. The Morgan fingerprint density at radius 2 is 2.03 bits per heavy atom. The first-order valence-corrected chi connectivity index (χ1v) is 9.44. The fraction of sp³-hybridized carbons (Fsp3) is 0.238. The molecule has 3 aromatic heterocycles. The van der Waals surface area contributed by atoms with E-state index in [0.717, 1.165) is 58.1 Å². The Hall–Kier alpha value is -3.68. The molecule has 3 heterocycles. The highest BCUT2D eigenvalue weighted by Gasteiger charge is 2.27. The van der Waals surface area contributed by atoms with Gasteiger partial charge in [-0.15, -0.1) is 0 Å². The molecule has 0 radical (unpaired) electrons. The van der Waals surface area contributed by atoms with Crippen LogP contribution < -0.4 is 10.1 Å². The second-order valence-electron chi connectivity index (χ2n) is 7.12. The van der Waals surface area contributed by atoms with Crippen molar-refractivity contribution < 1.29 is 4.74 Å². The third-order valence-corrected chi connectivity index (χ3v) is 5.16. The summed E-state index contributed by atoms with van der Waals surface area (Å²) < 4.78 is 9.09. The highest BCUT2D eigenvalue weighted by atomic mass is 16.5. The average Bonchev–Trinajstić information content (AvgIpc) is 3.30. The van der Waals surface area contributed by atoms with E-state index in [4.69, 9.17) is 14.8 Å². The minimum Gasteiger partial charge on any atom is -0.497 e. The van der Waals surface area contributed by atoms with Gasteiger partial charge in [-0.3, -0.25) is 9.36 Å². The zero-order chi connectivity index (χ0) is 20.0. The Morgan fingerprint density at radius 3 is 2.83 bits per heavy atom. The van der Waals surface area contributed by atoms with E-state index in [9.17, 15) is 0 Å². The average molecular weight is 387 g/mol. The molecule has 0 saturated carbocycles. The van der Waals surface area contributed by atoms with Crippen LogP contribution in [0.3, 0.4) is 0 Å². The Kier molecular flexibility index (Phi) is 4.04. The number of ether oxygens (including phenoxy) is 1. The molecule has 1 N–H and O–H groups in total. The zero-order valence-electron chi connectivity index (χ0n) is 16.5. The lowest BCUT2D eigenvalue weighted by Gasteiger charge is -2.17. The number of nitrogens with one attached hydrogen (secondary N) is 1. The summed E-state index contributed by atoms with van der Waals surface area (Å²) in [7, 11) is 5.53. The highest BCUT2D eigenvalue weighted by Crippen LogP contribution is 2.40. The third kappa shape index (κ3) is 3.02. The summed E-state index contributed by atoms with van der Waals surface area (Å²) in [4.78, 5) is 9.36. The van der Waals surface area contributed by atoms with Crippen LogP contribution in [-0.4, -0.2) is 36.6 Å². The lowest BCUT2D eigenvalue weighted by molar-refractivity contribution is 0.415. The van der Waals surface area contributed by atoms with Crippen LogP contribution >= 0.6 is 0 Å². The number of hydrogen-bond acceptors (Lipinski definition) is 6. The SMILES string of the molecule is COc1cccc(-c2c3c(nn2C)CCc2cnc(Nc4cnn(C)c4)nc2-3)c1. The number of aromatic nitrogens is 6. The van der Waals surface area contributed by atoms with E-state index in [1.54, 1.807) is 18.0 Å². The van der Waals surface area contributed by atoms with Crippen molar-refractivity contribution in [3.8, 4) is 28.3 Å². The first-order chi connectivity index (χ1) is 14.1. The van der Waals surface area contributed by atoms with Crippen LogP contribution in [0.4, 0.5) is 11.6 Å². The topological polar surface area (TPSA) is 82.7 Å². The van der Waals surface area contributed by atoms with Crippen LogP contribution in [0.2, 0.25) is 0 Å². The largest absolute Gasteiger partial charge is 0.497 e. The third-order valence-electron chi connectivity index (χ3n) is 5.16. The van der Waals surface area contributed by atoms with Crippen molar-refractivity contribution in [2.75, 3.05) is 12.4 Å². The van der Waals surface area contributed by atoms with Crippen LogP contribution in [0.15, 0.2) is 42.9 Å². The monoisotopic (exact) mass is 387 g/mol. The van der Waals surface area contributed by atoms with Crippen LogP contribution in [0.5, 0.6) is 5.75 Å². The van der Waals surface area contributed by atoms with Gasteiger partial charge in [-0.25, -0.2) is 9.97 Å². The molecular formula is C21H21N7O. The second-order valence-corrected chi connectivity index (χ2v) is 7.12. The number of fused-ring (bicyclic) bond motifs is 3. The minimum absolute atomic E-state index is 0.546. The maximum atomic E-state index is 5.42. The molecule has 5 rings (SSSR count). The van der Waals surface area contributed by atoms with E-state index in [0.29, 0.717) is 5.95 Å². The van der Waals surface area contributed by atoms with Gasteiger partial charge in [0, 0.05) is 37.6 Å². The predicted octanol–water partition coefficient (Wildman–Crippen LogP) is 3.13. The molecule has 0 unspecified atom stereocenters. The molecule has 0 fully saturated rings. The molecule has 0 atom stereocenters. The van der Waals surface area contributed by atoms with Gasteiger partial charge in [-0.05, 0) is 30.5 Å². The fourth-order valence-corrected chi connectivity index (χ4v) is 3.84. The van der Waals surface area contributed by atoms with Crippen LogP contribution in [0, 0.1) is 0 Å². The van der Waals surface area contributed by atoms with Gasteiger partial charge in [0.15, 0.2) is 0 Å². The maximum Gasteiger partial charge on any atom is 0.227 e. The molecule has 0 amide bonds. The molecule has 29 heavy (non-hydrogen) atoms. The molecule has 146 valence electrons. The molecule has 0 saturated heterocycles. The molecule has 8 nitrogen and oxygen atoms in total. The number of aryl methyl sites for hydroxylation is 4. The highest BCUT2D eigenvalue weighted by molar-refractivity contribution is 5.84. The number of methoxy groups -OCH3 is 1. The number of benzene rings is 1. The van der Waals surface area contributed by atoms with Gasteiger partial charge < -0.3 is 10.1 Å². The Morgan fingerprint density at radius 1 is 1.14 bits per heavy atom. The summed E-state index contributed by atoms with van der Waals surface area (Å²) in [6.07, 6.45) is 7.30. The van der Waals surface area contributed by atoms with Crippen LogP contribution in [0.1, 0.15) is 11.3 Å². The van der Waals surface area contributed by atoms with Crippen molar-refractivity contribution in [3.05, 3.63) is 54.1 Å². The van der Waals surface area contributed by atoms with E-state index < -0.39 is 0 Å². The molecule has 0 spiro atoms. The van der Waals surface area contributed by atoms with Gasteiger partial charge in [-0.2, -0.15) is 10.2 Å². The maximum absolute atomic E-state index is 5.42. The summed E-state index contributed by atoms with van der Waals surface area (Å²) in [5, 5.41) is 12.2. The molecule has 4 aromatic rings. The molecule has 0 aliphatic heterocycles.